The van der Waals surface area contributed by atoms with Gasteiger partial charge in [0.2, 0.25) is 5.91 Å². The summed E-state index contributed by atoms with van der Waals surface area (Å²) < 4.78 is 5.40. The van der Waals surface area contributed by atoms with Crippen molar-refractivity contribution in [1.29, 1.82) is 0 Å². The maximum Gasteiger partial charge on any atom is 0.305 e. The largest absolute Gasteiger partial charge is 0.451 e. The van der Waals surface area contributed by atoms with E-state index in [0.29, 0.717) is 5.02 Å². The molecule has 0 radical (unpaired) electrons. The number of halogens is 1. The Bertz CT molecular complexity index is 1060. The van der Waals surface area contributed by atoms with Gasteiger partial charge in [-0.2, -0.15) is 0 Å². The predicted molar refractivity (Wildman–Crippen MR) is 105 cm³/mol. The van der Waals surface area contributed by atoms with Gasteiger partial charge in [0.05, 0.1) is 11.1 Å². The Morgan fingerprint density at radius 1 is 1.07 bits per heavy atom. The van der Waals surface area contributed by atoms with Gasteiger partial charge in [-0.25, -0.2) is 0 Å². The highest BCUT2D eigenvalue weighted by Gasteiger charge is 2.13. The van der Waals surface area contributed by atoms with Crippen LogP contribution < -0.4 is 16.3 Å². The number of fused-ring (bicyclic) bond motifs is 1. The van der Waals surface area contributed by atoms with Crippen LogP contribution in [0.2, 0.25) is 5.02 Å². The predicted octanol–water partition coefficient (Wildman–Crippen LogP) is 3.31. The van der Waals surface area contributed by atoms with Crippen LogP contribution in [0.3, 0.4) is 0 Å². The highest BCUT2D eigenvalue weighted by atomic mass is 35.5. The molecule has 138 valence electrons. The molecule has 0 fully saturated rings. The highest BCUT2D eigenvalue weighted by molar-refractivity contribution is 8.00. The fourth-order valence-electron chi connectivity index (χ4n) is 2.25. The third-order valence-electron chi connectivity index (χ3n) is 3.62. The quantitative estimate of drug-likeness (QED) is 0.516. The van der Waals surface area contributed by atoms with Gasteiger partial charge in [-0.3, -0.25) is 25.2 Å². The molecule has 3 rings (SSSR count). The summed E-state index contributed by atoms with van der Waals surface area (Å²) in [6, 6.07) is 13.3. The van der Waals surface area contributed by atoms with Crippen LogP contribution in [0.15, 0.2) is 62.6 Å². The van der Waals surface area contributed by atoms with Crippen LogP contribution in [-0.4, -0.2) is 17.6 Å². The summed E-state index contributed by atoms with van der Waals surface area (Å²) in [7, 11) is 0. The number of amides is 2. The number of rotatable bonds is 4. The monoisotopic (exact) mass is 402 g/mol. The average Bonchev–Trinajstić information content (AvgIpc) is 2.66. The number of nitrogens with one attached hydrogen (secondary N) is 2. The molecule has 3 aromatic rings. The van der Waals surface area contributed by atoms with E-state index in [1.54, 1.807) is 6.07 Å². The summed E-state index contributed by atoms with van der Waals surface area (Å²) in [6.45, 7) is 1.98. The number of hydrazine groups is 1. The van der Waals surface area contributed by atoms with Gasteiger partial charge in [-0.05, 0) is 37.3 Å². The van der Waals surface area contributed by atoms with Crippen LogP contribution in [0.25, 0.3) is 11.0 Å². The normalized spacial score (nSPS) is 10.6. The van der Waals surface area contributed by atoms with Gasteiger partial charge in [-0.1, -0.05) is 29.3 Å². The first-order valence-electron chi connectivity index (χ1n) is 7.94. The first-order valence-corrected chi connectivity index (χ1v) is 9.31. The lowest BCUT2D eigenvalue weighted by atomic mass is 10.2. The van der Waals surface area contributed by atoms with E-state index in [9.17, 15) is 14.4 Å². The van der Waals surface area contributed by atoms with Gasteiger partial charge in [0.1, 0.15) is 5.58 Å². The van der Waals surface area contributed by atoms with E-state index in [1.807, 2.05) is 31.2 Å². The zero-order chi connectivity index (χ0) is 19.4. The van der Waals surface area contributed by atoms with Gasteiger partial charge in [-0.15, -0.1) is 11.8 Å². The first kappa shape index (κ1) is 19.0. The molecule has 0 spiro atoms. The molecular weight excluding hydrogens is 388 g/mol. The Kier molecular flexibility index (Phi) is 5.83. The minimum Gasteiger partial charge on any atom is -0.451 e. The Balaban J connectivity index is 1.59. The zero-order valence-corrected chi connectivity index (χ0v) is 15.8. The fourth-order valence-corrected chi connectivity index (χ4v) is 3.12. The van der Waals surface area contributed by atoms with Gasteiger partial charge in [0.15, 0.2) is 11.2 Å². The van der Waals surface area contributed by atoms with E-state index in [1.165, 1.54) is 23.9 Å². The molecule has 8 heteroatoms. The molecule has 0 saturated carbocycles. The van der Waals surface area contributed by atoms with Crippen molar-refractivity contribution >= 4 is 46.1 Å². The van der Waals surface area contributed by atoms with E-state index >= 15 is 0 Å². The van der Waals surface area contributed by atoms with Gasteiger partial charge < -0.3 is 4.42 Å². The number of hydrogen-bond acceptors (Lipinski definition) is 5. The van der Waals surface area contributed by atoms with E-state index in [2.05, 4.69) is 10.9 Å². The van der Waals surface area contributed by atoms with Crippen molar-refractivity contribution in [3.8, 4) is 0 Å². The third kappa shape index (κ3) is 4.90. The molecule has 0 aliphatic heterocycles. The van der Waals surface area contributed by atoms with Crippen LogP contribution in [0, 0.1) is 6.92 Å². The molecule has 0 bridgehead atoms. The zero-order valence-electron chi connectivity index (χ0n) is 14.2. The van der Waals surface area contributed by atoms with Crippen LogP contribution >= 0.6 is 23.4 Å². The lowest BCUT2D eigenvalue weighted by Gasteiger charge is -2.07. The molecule has 2 aromatic carbocycles. The van der Waals surface area contributed by atoms with E-state index in [0.717, 1.165) is 16.5 Å². The number of carbonyl (C=O) groups is 2. The number of aryl methyl sites for hydroxylation is 1. The van der Waals surface area contributed by atoms with Crippen molar-refractivity contribution in [2.75, 3.05) is 5.75 Å². The molecular formula is C19H15ClN2O4S. The lowest BCUT2D eigenvalue weighted by molar-refractivity contribution is -0.119. The van der Waals surface area contributed by atoms with Crippen molar-refractivity contribution in [2.24, 2.45) is 0 Å². The van der Waals surface area contributed by atoms with Crippen molar-refractivity contribution in [1.82, 2.24) is 10.9 Å². The Morgan fingerprint density at radius 2 is 1.81 bits per heavy atom. The SMILES string of the molecule is Cc1ccc(SCC(=O)NNC(=O)c2cc(=O)c3cc(Cl)ccc3o2)cc1. The Hall–Kier alpha value is -2.77. The lowest BCUT2D eigenvalue weighted by Crippen LogP contribution is -2.42. The number of carbonyl (C=O) groups excluding carboxylic acids is 2. The number of thioether (sulfide) groups is 1. The summed E-state index contributed by atoms with van der Waals surface area (Å²) in [4.78, 5) is 37.0. The summed E-state index contributed by atoms with van der Waals surface area (Å²) in [6.07, 6.45) is 0. The van der Waals surface area contributed by atoms with Gasteiger partial charge in [0, 0.05) is 16.0 Å². The van der Waals surface area contributed by atoms with Crippen molar-refractivity contribution < 1.29 is 14.0 Å². The summed E-state index contributed by atoms with van der Waals surface area (Å²) >= 11 is 7.19. The molecule has 0 aliphatic rings. The highest BCUT2D eigenvalue weighted by Crippen LogP contribution is 2.18. The van der Waals surface area contributed by atoms with Crippen LogP contribution in [0.4, 0.5) is 0 Å². The topological polar surface area (TPSA) is 88.4 Å². The van der Waals surface area contributed by atoms with Crippen LogP contribution in [-0.2, 0) is 4.79 Å². The van der Waals surface area contributed by atoms with E-state index in [4.69, 9.17) is 16.0 Å². The molecule has 2 N–H and O–H groups in total. The van der Waals surface area contributed by atoms with E-state index < -0.39 is 11.3 Å². The molecule has 0 saturated heterocycles. The smallest absolute Gasteiger partial charge is 0.305 e. The number of benzene rings is 2. The standard InChI is InChI=1S/C19H15ClN2O4S/c1-11-2-5-13(6-3-11)27-10-18(24)21-22-19(25)17-9-15(23)14-8-12(20)4-7-16(14)26-17/h2-9H,10H2,1H3,(H,21,24)(H,22,25). The summed E-state index contributed by atoms with van der Waals surface area (Å²) in [5.41, 5.74) is 5.50. The second-order valence-corrected chi connectivity index (χ2v) is 7.20. The minimum absolute atomic E-state index is 0.128. The molecule has 2 amide bonds. The second kappa shape index (κ2) is 8.28. The van der Waals surface area contributed by atoms with Crippen molar-refractivity contribution in [2.45, 2.75) is 11.8 Å². The van der Waals surface area contributed by atoms with Crippen LogP contribution in [0.1, 0.15) is 16.1 Å². The van der Waals surface area contributed by atoms with Crippen molar-refractivity contribution in [3.63, 3.8) is 0 Å². The first-order chi connectivity index (χ1) is 12.9. The maximum atomic E-state index is 12.1. The van der Waals surface area contributed by atoms with Crippen LogP contribution in [0.5, 0.6) is 0 Å². The molecule has 6 nitrogen and oxygen atoms in total. The molecule has 1 aromatic heterocycles. The number of hydrogen-bond donors (Lipinski definition) is 2. The maximum absolute atomic E-state index is 12.1. The fraction of sp³-hybridized carbons (Fsp3) is 0.105. The van der Waals surface area contributed by atoms with Gasteiger partial charge >= 0.3 is 5.91 Å². The summed E-state index contributed by atoms with van der Waals surface area (Å²) in [5, 5.41) is 0.669. The average molecular weight is 403 g/mol. The Labute approximate surface area is 163 Å². The molecule has 0 aliphatic carbocycles. The molecule has 27 heavy (non-hydrogen) atoms. The minimum atomic E-state index is -0.724. The summed E-state index contributed by atoms with van der Waals surface area (Å²) in [5.74, 6) is -1.19. The molecule has 0 unspecified atom stereocenters. The van der Waals surface area contributed by atoms with Gasteiger partial charge in [0.25, 0.3) is 0 Å². The van der Waals surface area contributed by atoms with Crippen molar-refractivity contribution in [3.05, 3.63) is 75.1 Å². The third-order valence-corrected chi connectivity index (χ3v) is 4.87. The molecule has 1 heterocycles. The molecule has 0 atom stereocenters. The second-order valence-electron chi connectivity index (χ2n) is 5.72. The van der Waals surface area contributed by atoms with E-state index in [-0.39, 0.29) is 28.4 Å². The Morgan fingerprint density at radius 3 is 2.56 bits per heavy atom.